The van der Waals surface area contributed by atoms with Gasteiger partial charge in [0.2, 0.25) is 0 Å². The normalized spacial score (nSPS) is 10.9. The molecule has 0 heterocycles. The van der Waals surface area contributed by atoms with Crippen LogP contribution in [0.1, 0.15) is 15.9 Å². The standard InChI is InChI=1S/C18H15BN2O3/c22-18(16-8-7-14-3-1-2-4-15(14)11-16)21-20-12-13-5-9-17(10-6-13)19(23)24/h1-12,23-24H,(H,21,22)/b20-12+. The Bertz CT molecular complexity index is 892. The molecule has 0 saturated heterocycles. The minimum atomic E-state index is -1.50. The van der Waals surface area contributed by atoms with Gasteiger partial charge >= 0.3 is 7.12 Å². The SMILES string of the molecule is O=C(N/N=C/c1ccc(B(O)O)cc1)c1ccc2ccccc2c1. The summed E-state index contributed by atoms with van der Waals surface area (Å²) in [6, 6.07) is 19.8. The molecule has 24 heavy (non-hydrogen) atoms. The summed E-state index contributed by atoms with van der Waals surface area (Å²) in [5.41, 5.74) is 4.14. The van der Waals surface area contributed by atoms with Gasteiger partial charge in [-0.1, -0.05) is 54.6 Å². The number of nitrogens with one attached hydrogen (secondary N) is 1. The average molecular weight is 318 g/mol. The molecular formula is C18H15BN2O3. The zero-order valence-corrected chi connectivity index (χ0v) is 12.8. The van der Waals surface area contributed by atoms with Crippen LogP contribution in [0.2, 0.25) is 0 Å². The van der Waals surface area contributed by atoms with Gasteiger partial charge in [-0.3, -0.25) is 4.79 Å². The van der Waals surface area contributed by atoms with Gasteiger partial charge < -0.3 is 10.0 Å². The van der Waals surface area contributed by atoms with Crippen LogP contribution in [0.5, 0.6) is 0 Å². The number of hydrogen-bond donors (Lipinski definition) is 3. The van der Waals surface area contributed by atoms with Gasteiger partial charge in [-0.15, -0.1) is 0 Å². The highest BCUT2D eigenvalue weighted by Crippen LogP contribution is 2.15. The molecule has 0 radical (unpaired) electrons. The minimum Gasteiger partial charge on any atom is -0.423 e. The van der Waals surface area contributed by atoms with Crippen molar-refractivity contribution in [2.75, 3.05) is 0 Å². The van der Waals surface area contributed by atoms with E-state index < -0.39 is 7.12 Å². The van der Waals surface area contributed by atoms with Crippen LogP contribution in [-0.2, 0) is 0 Å². The monoisotopic (exact) mass is 318 g/mol. The lowest BCUT2D eigenvalue weighted by Gasteiger charge is -2.03. The number of benzene rings is 3. The molecule has 0 atom stereocenters. The number of fused-ring (bicyclic) bond motifs is 1. The Hall–Kier alpha value is -2.96. The maximum absolute atomic E-state index is 12.1. The molecule has 0 unspecified atom stereocenters. The molecule has 0 aromatic heterocycles. The topological polar surface area (TPSA) is 81.9 Å². The number of hydrogen-bond acceptors (Lipinski definition) is 4. The van der Waals surface area contributed by atoms with Crippen molar-refractivity contribution in [1.82, 2.24) is 5.43 Å². The van der Waals surface area contributed by atoms with Crippen molar-refractivity contribution in [2.45, 2.75) is 0 Å². The summed E-state index contributed by atoms with van der Waals surface area (Å²) in [5.74, 6) is -0.292. The minimum absolute atomic E-state index is 0.292. The summed E-state index contributed by atoms with van der Waals surface area (Å²) < 4.78 is 0. The van der Waals surface area contributed by atoms with Crippen molar-refractivity contribution in [3.63, 3.8) is 0 Å². The number of rotatable bonds is 4. The fraction of sp³-hybridized carbons (Fsp3) is 0. The Morgan fingerprint density at radius 3 is 2.38 bits per heavy atom. The molecule has 0 aliphatic carbocycles. The molecule has 3 aromatic rings. The number of amides is 1. The van der Waals surface area contributed by atoms with Crippen LogP contribution in [0, 0.1) is 0 Å². The van der Waals surface area contributed by atoms with E-state index >= 15 is 0 Å². The molecule has 118 valence electrons. The molecular weight excluding hydrogens is 303 g/mol. The van der Waals surface area contributed by atoms with Crippen LogP contribution >= 0.6 is 0 Å². The molecule has 0 aliphatic rings. The molecule has 6 heteroatoms. The summed E-state index contributed by atoms with van der Waals surface area (Å²) in [5, 5.41) is 24.0. The maximum atomic E-state index is 12.1. The molecule has 0 fully saturated rings. The van der Waals surface area contributed by atoms with E-state index in [9.17, 15) is 4.79 Å². The van der Waals surface area contributed by atoms with Gasteiger partial charge in [-0.25, -0.2) is 5.43 Å². The third kappa shape index (κ3) is 3.68. The Morgan fingerprint density at radius 1 is 0.958 bits per heavy atom. The first-order valence-electron chi connectivity index (χ1n) is 7.42. The predicted molar refractivity (Wildman–Crippen MR) is 95.3 cm³/mol. The zero-order valence-electron chi connectivity index (χ0n) is 12.8. The van der Waals surface area contributed by atoms with Gasteiger partial charge in [0.05, 0.1) is 6.21 Å². The van der Waals surface area contributed by atoms with Gasteiger partial charge in [0.15, 0.2) is 0 Å². The lowest BCUT2D eigenvalue weighted by atomic mass is 9.80. The summed E-state index contributed by atoms with van der Waals surface area (Å²) >= 11 is 0. The van der Waals surface area contributed by atoms with Gasteiger partial charge in [-0.2, -0.15) is 5.10 Å². The summed E-state index contributed by atoms with van der Waals surface area (Å²) in [4.78, 5) is 12.1. The number of hydrazone groups is 1. The van der Waals surface area contributed by atoms with E-state index in [1.54, 1.807) is 30.3 Å². The Kier molecular flexibility index (Phi) is 4.70. The predicted octanol–water partition coefficient (Wildman–Crippen LogP) is 1.28. The fourth-order valence-electron chi connectivity index (χ4n) is 2.31. The lowest BCUT2D eigenvalue weighted by molar-refractivity contribution is 0.0955. The second-order valence-electron chi connectivity index (χ2n) is 5.30. The third-order valence-corrected chi connectivity index (χ3v) is 3.63. The fourth-order valence-corrected chi connectivity index (χ4v) is 2.31. The molecule has 3 rings (SSSR count). The molecule has 0 bridgehead atoms. The van der Waals surface area contributed by atoms with Crippen molar-refractivity contribution >= 4 is 35.5 Å². The summed E-state index contributed by atoms with van der Waals surface area (Å²) in [7, 11) is -1.50. The quantitative estimate of drug-likeness (QED) is 0.385. The highest BCUT2D eigenvalue weighted by Gasteiger charge is 2.09. The zero-order chi connectivity index (χ0) is 16.9. The Morgan fingerprint density at radius 2 is 1.67 bits per heavy atom. The van der Waals surface area contributed by atoms with Crippen LogP contribution in [-0.4, -0.2) is 29.3 Å². The van der Waals surface area contributed by atoms with Crippen molar-refractivity contribution in [3.05, 3.63) is 77.9 Å². The van der Waals surface area contributed by atoms with Gasteiger partial charge in [0.1, 0.15) is 0 Å². The van der Waals surface area contributed by atoms with E-state index in [1.807, 2.05) is 36.4 Å². The smallest absolute Gasteiger partial charge is 0.423 e. The van der Waals surface area contributed by atoms with E-state index in [1.165, 1.54) is 6.21 Å². The maximum Gasteiger partial charge on any atom is 0.488 e. The van der Waals surface area contributed by atoms with Crippen molar-refractivity contribution in [3.8, 4) is 0 Å². The largest absolute Gasteiger partial charge is 0.488 e. The van der Waals surface area contributed by atoms with Gasteiger partial charge in [-0.05, 0) is 33.9 Å². The summed E-state index contributed by atoms with van der Waals surface area (Å²) in [6.45, 7) is 0. The first-order valence-corrected chi connectivity index (χ1v) is 7.42. The van der Waals surface area contributed by atoms with E-state index in [2.05, 4.69) is 10.5 Å². The van der Waals surface area contributed by atoms with Crippen molar-refractivity contribution in [1.29, 1.82) is 0 Å². The highest BCUT2D eigenvalue weighted by atomic mass is 16.4. The highest BCUT2D eigenvalue weighted by molar-refractivity contribution is 6.58. The molecule has 0 saturated carbocycles. The molecule has 5 nitrogen and oxygen atoms in total. The first-order chi connectivity index (χ1) is 11.6. The van der Waals surface area contributed by atoms with E-state index in [0.717, 1.165) is 16.3 Å². The third-order valence-electron chi connectivity index (χ3n) is 3.63. The number of carbonyl (C=O) groups is 1. The van der Waals surface area contributed by atoms with Crippen LogP contribution in [0.25, 0.3) is 10.8 Å². The van der Waals surface area contributed by atoms with E-state index in [4.69, 9.17) is 10.0 Å². The van der Waals surface area contributed by atoms with Gasteiger partial charge in [0, 0.05) is 5.56 Å². The Labute approximate surface area is 139 Å². The van der Waals surface area contributed by atoms with E-state index in [0.29, 0.717) is 11.0 Å². The molecule has 0 spiro atoms. The summed E-state index contributed by atoms with van der Waals surface area (Å²) in [6.07, 6.45) is 1.49. The molecule has 0 aliphatic heterocycles. The average Bonchev–Trinajstić information content (AvgIpc) is 2.61. The van der Waals surface area contributed by atoms with Crippen LogP contribution < -0.4 is 10.9 Å². The number of nitrogens with zero attached hydrogens (tertiary/aromatic N) is 1. The van der Waals surface area contributed by atoms with Crippen LogP contribution in [0.4, 0.5) is 0 Å². The van der Waals surface area contributed by atoms with E-state index in [-0.39, 0.29) is 5.91 Å². The van der Waals surface area contributed by atoms with Crippen molar-refractivity contribution in [2.24, 2.45) is 5.10 Å². The van der Waals surface area contributed by atoms with Gasteiger partial charge in [0.25, 0.3) is 5.91 Å². The second-order valence-corrected chi connectivity index (χ2v) is 5.30. The molecule has 1 amide bonds. The second kappa shape index (κ2) is 7.08. The first kappa shape index (κ1) is 15.9. The van der Waals surface area contributed by atoms with Crippen LogP contribution in [0.3, 0.4) is 0 Å². The van der Waals surface area contributed by atoms with Crippen molar-refractivity contribution < 1.29 is 14.8 Å². The molecule has 3 N–H and O–H groups in total. The Balaban J connectivity index is 1.67. The number of carbonyl (C=O) groups excluding carboxylic acids is 1. The van der Waals surface area contributed by atoms with Crippen LogP contribution in [0.15, 0.2) is 71.8 Å². The molecule has 3 aromatic carbocycles. The lowest BCUT2D eigenvalue weighted by Crippen LogP contribution is -2.29.